The van der Waals surface area contributed by atoms with E-state index >= 15 is 0 Å². The molecular weight excluding hydrogens is 239 g/mol. The van der Waals surface area contributed by atoms with Crippen molar-refractivity contribution in [2.24, 2.45) is 5.92 Å². The first-order valence-electron chi connectivity index (χ1n) is 6.37. The van der Waals surface area contributed by atoms with Crippen LogP contribution in [0.2, 0.25) is 0 Å². The van der Waals surface area contributed by atoms with Crippen LogP contribution in [0.25, 0.3) is 0 Å². The number of hydrogen-bond donors (Lipinski definition) is 1. The molecule has 0 saturated heterocycles. The summed E-state index contributed by atoms with van der Waals surface area (Å²) in [6, 6.07) is 6.07. The molecule has 2 rings (SSSR count). The zero-order valence-corrected chi connectivity index (χ0v) is 10.4. The molecule has 1 nitrogen and oxygen atoms in total. The molecule has 0 heterocycles. The maximum atomic E-state index is 12.8. The lowest BCUT2D eigenvalue weighted by Crippen LogP contribution is -2.36. The molecule has 1 aromatic carbocycles. The second-order valence-corrected chi connectivity index (χ2v) is 5.02. The van der Waals surface area contributed by atoms with Gasteiger partial charge in [-0.05, 0) is 37.3 Å². The fourth-order valence-corrected chi connectivity index (χ4v) is 2.33. The molecule has 1 N–H and O–H groups in total. The molecule has 1 atom stereocenters. The van der Waals surface area contributed by atoms with Crippen molar-refractivity contribution in [2.45, 2.75) is 44.9 Å². The van der Waals surface area contributed by atoms with Gasteiger partial charge in [-0.2, -0.15) is 13.2 Å². The molecule has 0 radical (unpaired) electrons. The van der Waals surface area contributed by atoms with Crippen molar-refractivity contribution in [3.63, 3.8) is 0 Å². The zero-order chi connectivity index (χ0) is 13.2. The summed E-state index contributed by atoms with van der Waals surface area (Å²) in [5.41, 5.74) is -0.200. The highest BCUT2D eigenvalue weighted by Crippen LogP contribution is 2.32. The molecule has 0 bridgehead atoms. The first-order chi connectivity index (χ1) is 8.48. The van der Waals surface area contributed by atoms with Crippen molar-refractivity contribution in [2.75, 3.05) is 0 Å². The number of halogens is 3. The van der Waals surface area contributed by atoms with E-state index in [9.17, 15) is 13.2 Å². The van der Waals surface area contributed by atoms with Gasteiger partial charge in [0.2, 0.25) is 0 Å². The highest BCUT2D eigenvalue weighted by atomic mass is 19.4. The molecule has 18 heavy (non-hydrogen) atoms. The topological polar surface area (TPSA) is 12.0 Å². The van der Waals surface area contributed by atoms with E-state index in [0.29, 0.717) is 17.5 Å². The van der Waals surface area contributed by atoms with Crippen molar-refractivity contribution in [3.05, 3.63) is 35.4 Å². The van der Waals surface area contributed by atoms with Crippen molar-refractivity contribution in [3.8, 4) is 0 Å². The maximum Gasteiger partial charge on any atom is 0.416 e. The van der Waals surface area contributed by atoms with Crippen molar-refractivity contribution in [1.29, 1.82) is 0 Å². The van der Waals surface area contributed by atoms with E-state index in [1.807, 2.05) is 0 Å². The lowest BCUT2D eigenvalue weighted by atomic mass is 9.80. The smallest absolute Gasteiger partial charge is 0.310 e. The molecule has 1 aliphatic rings. The van der Waals surface area contributed by atoms with Crippen LogP contribution in [0.3, 0.4) is 0 Å². The van der Waals surface area contributed by atoms with Gasteiger partial charge in [0.25, 0.3) is 0 Å². The van der Waals surface area contributed by atoms with Gasteiger partial charge in [-0.1, -0.05) is 24.6 Å². The number of benzene rings is 1. The summed E-state index contributed by atoms with van der Waals surface area (Å²) in [6.45, 7) is 2.34. The van der Waals surface area contributed by atoms with Gasteiger partial charge in [0.15, 0.2) is 0 Å². The van der Waals surface area contributed by atoms with Crippen molar-refractivity contribution < 1.29 is 13.2 Å². The van der Waals surface area contributed by atoms with E-state index in [-0.39, 0.29) is 6.54 Å². The predicted octanol–water partition coefficient (Wildman–Crippen LogP) is 3.98. The van der Waals surface area contributed by atoms with Crippen LogP contribution < -0.4 is 5.32 Å². The Balaban J connectivity index is 2.00. The standard InChI is InChI=1S/C14H18F3N/c1-10(11-6-4-7-11)18-9-12-5-2-3-8-13(12)14(15,16)17/h2-3,5,8,10-11,18H,4,6-7,9H2,1H3. The van der Waals surface area contributed by atoms with Crippen molar-refractivity contribution in [1.82, 2.24) is 5.32 Å². The van der Waals surface area contributed by atoms with E-state index < -0.39 is 11.7 Å². The van der Waals surface area contributed by atoms with E-state index in [4.69, 9.17) is 0 Å². The van der Waals surface area contributed by atoms with E-state index in [2.05, 4.69) is 12.2 Å². The van der Waals surface area contributed by atoms with Crippen LogP contribution in [0.1, 0.15) is 37.3 Å². The Morgan fingerprint density at radius 3 is 2.50 bits per heavy atom. The van der Waals surface area contributed by atoms with Gasteiger partial charge < -0.3 is 5.32 Å². The second-order valence-electron chi connectivity index (χ2n) is 5.02. The van der Waals surface area contributed by atoms with Crippen LogP contribution in [-0.4, -0.2) is 6.04 Å². The average Bonchev–Trinajstić information content (AvgIpc) is 2.23. The Morgan fingerprint density at radius 1 is 1.28 bits per heavy atom. The summed E-state index contributed by atoms with van der Waals surface area (Å²) < 4.78 is 38.3. The summed E-state index contributed by atoms with van der Waals surface area (Å²) in [6.07, 6.45) is -0.641. The number of hydrogen-bond acceptors (Lipinski definition) is 1. The van der Waals surface area contributed by atoms with Crippen molar-refractivity contribution >= 4 is 0 Å². The van der Waals surface area contributed by atoms with Crippen LogP contribution in [0, 0.1) is 5.92 Å². The molecule has 4 heteroatoms. The molecule has 0 spiro atoms. The Morgan fingerprint density at radius 2 is 1.94 bits per heavy atom. The van der Waals surface area contributed by atoms with Crippen LogP contribution in [0.5, 0.6) is 0 Å². The van der Waals surface area contributed by atoms with Gasteiger partial charge in [0.1, 0.15) is 0 Å². The summed E-state index contributed by atoms with van der Waals surface area (Å²) in [5, 5.41) is 3.21. The first-order valence-corrected chi connectivity index (χ1v) is 6.37. The summed E-state index contributed by atoms with van der Waals surface area (Å²) >= 11 is 0. The van der Waals surface area contributed by atoms with Gasteiger partial charge in [-0.15, -0.1) is 0 Å². The van der Waals surface area contributed by atoms with Gasteiger partial charge in [-0.3, -0.25) is 0 Å². The molecular formula is C14H18F3N. The van der Waals surface area contributed by atoms with Crippen LogP contribution >= 0.6 is 0 Å². The monoisotopic (exact) mass is 257 g/mol. The lowest BCUT2D eigenvalue weighted by Gasteiger charge is -2.32. The first kappa shape index (κ1) is 13.4. The minimum Gasteiger partial charge on any atom is -0.310 e. The number of rotatable bonds is 4. The quantitative estimate of drug-likeness (QED) is 0.860. The Bertz CT molecular complexity index is 396. The SMILES string of the molecule is CC(NCc1ccccc1C(F)(F)F)C1CCC1. The molecule has 1 aromatic rings. The Labute approximate surface area is 105 Å². The number of nitrogens with one attached hydrogen (secondary N) is 1. The molecule has 1 aliphatic carbocycles. The third-order valence-corrected chi connectivity index (χ3v) is 3.79. The van der Waals surface area contributed by atoms with Gasteiger partial charge in [0.05, 0.1) is 5.56 Å². The summed E-state index contributed by atoms with van der Waals surface area (Å²) in [4.78, 5) is 0. The molecule has 0 amide bonds. The largest absolute Gasteiger partial charge is 0.416 e. The molecule has 1 unspecified atom stereocenters. The van der Waals surface area contributed by atoms with Crippen LogP contribution in [-0.2, 0) is 12.7 Å². The highest BCUT2D eigenvalue weighted by molar-refractivity contribution is 5.29. The maximum absolute atomic E-state index is 12.8. The molecule has 0 aromatic heterocycles. The summed E-state index contributed by atoms with van der Waals surface area (Å²) in [5.74, 6) is 0.628. The Hall–Kier alpha value is -1.03. The lowest BCUT2D eigenvalue weighted by molar-refractivity contribution is -0.138. The molecule has 1 saturated carbocycles. The molecule has 1 fully saturated rings. The average molecular weight is 257 g/mol. The zero-order valence-electron chi connectivity index (χ0n) is 10.4. The minimum absolute atomic E-state index is 0.285. The molecule has 100 valence electrons. The van der Waals surface area contributed by atoms with Gasteiger partial charge in [-0.25, -0.2) is 0 Å². The highest BCUT2D eigenvalue weighted by Gasteiger charge is 2.33. The third-order valence-electron chi connectivity index (χ3n) is 3.79. The third kappa shape index (κ3) is 3.05. The Kier molecular flexibility index (Phi) is 3.95. The fourth-order valence-electron chi connectivity index (χ4n) is 2.33. The predicted molar refractivity (Wildman–Crippen MR) is 65.1 cm³/mol. The van der Waals surface area contributed by atoms with E-state index in [1.165, 1.54) is 25.3 Å². The van der Waals surface area contributed by atoms with E-state index in [1.54, 1.807) is 12.1 Å². The fraction of sp³-hybridized carbons (Fsp3) is 0.571. The van der Waals surface area contributed by atoms with Crippen LogP contribution in [0.4, 0.5) is 13.2 Å². The minimum atomic E-state index is -4.27. The number of alkyl halides is 3. The van der Waals surface area contributed by atoms with E-state index in [0.717, 1.165) is 6.07 Å². The van der Waals surface area contributed by atoms with Crippen LogP contribution in [0.15, 0.2) is 24.3 Å². The van der Waals surface area contributed by atoms with Gasteiger partial charge >= 0.3 is 6.18 Å². The summed E-state index contributed by atoms with van der Waals surface area (Å²) in [7, 11) is 0. The normalized spacial score (nSPS) is 18.4. The molecule has 0 aliphatic heterocycles. The van der Waals surface area contributed by atoms with Gasteiger partial charge in [0, 0.05) is 12.6 Å². The second kappa shape index (κ2) is 5.31.